The molecule has 2 aromatic carbocycles. The quantitative estimate of drug-likeness (QED) is 0.852. The van der Waals surface area contributed by atoms with Crippen molar-refractivity contribution in [2.75, 3.05) is 44.7 Å². The largest absolute Gasteiger partial charge is 0.497 e. The third-order valence-corrected chi connectivity index (χ3v) is 5.10. The third kappa shape index (κ3) is 4.94. The number of hydrogen-bond donors (Lipinski definition) is 1. The van der Waals surface area contributed by atoms with Crippen molar-refractivity contribution in [3.63, 3.8) is 0 Å². The molecule has 1 aliphatic rings. The molecule has 0 aromatic heterocycles. The van der Waals surface area contributed by atoms with Gasteiger partial charge in [-0.15, -0.1) is 0 Å². The van der Waals surface area contributed by atoms with Gasteiger partial charge in [0.15, 0.2) is 0 Å². The lowest BCUT2D eigenvalue weighted by atomic mass is 10.1. The SMILES string of the molecule is CCc1ccccc1N1CCN(C(=O)NCCc2cccc(OC)c2)CC1. The average molecular weight is 367 g/mol. The van der Waals surface area contributed by atoms with Crippen LogP contribution in [0.15, 0.2) is 48.5 Å². The van der Waals surface area contributed by atoms with Crippen LogP contribution in [0.25, 0.3) is 0 Å². The molecule has 144 valence electrons. The van der Waals surface area contributed by atoms with Crippen molar-refractivity contribution >= 4 is 11.7 Å². The molecular weight excluding hydrogens is 338 g/mol. The molecule has 1 heterocycles. The molecule has 3 rings (SSSR count). The number of nitrogens with zero attached hydrogens (tertiary/aromatic N) is 2. The Morgan fingerprint density at radius 3 is 2.59 bits per heavy atom. The van der Waals surface area contributed by atoms with Gasteiger partial charge in [0.2, 0.25) is 0 Å². The Morgan fingerprint density at radius 1 is 1.07 bits per heavy atom. The van der Waals surface area contributed by atoms with Gasteiger partial charge in [-0.2, -0.15) is 0 Å². The molecule has 0 saturated carbocycles. The topological polar surface area (TPSA) is 44.8 Å². The summed E-state index contributed by atoms with van der Waals surface area (Å²) in [7, 11) is 1.67. The van der Waals surface area contributed by atoms with Crippen LogP contribution in [-0.4, -0.2) is 50.8 Å². The molecule has 1 saturated heterocycles. The summed E-state index contributed by atoms with van der Waals surface area (Å²) in [5.41, 5.74) is 3.84. The molecule has 0 aliphatic carbocycles. The van der Waals surface area contributed by atoms with Crippen molar-refractivity contribution in [1.82, 2.24) is 10.2 Å². The molecule has 0 radical (unpaired) electrons. The maximum Gasteiger partial charge on any atom is 0.317 e. The first kappa shape index (κ1) is 19.1. The number of urea groups is 1. The maximum atomic E-state index is 12.4. The summed E-state index contributed by atoms with van der Waals surface area (Å²) >= 11 is 0. The number of anilines is 1. The number of nitrogens with one attached hydrogen (secondary N) is 1. The number of benzene rings is 2. The summed E-state index contributed by atoms with van der Waals surface area (Å²) in [5, 5.41) is 3.04. The van der Waals surface area contributed by atoms with Crippen LogP contribution < -0.4 is 15.0 Å². The molecule has 2 amide bonds. The summed E-state index contributed by atoms with van der Waals surface area (Å²) in [6.45, 7) is 6.07. The molecule has 1 fully saturated rings. The second kappa shape index (κ2) is 9.31. The monoisotopic (exact) mass is 367 g/mol. The van der Waals surface area contributed by atoms with Crippen LogP contribution in [0, 0.1) is 0 Å². The first-order valence-corrected chi connectivity index (χ1v) is 9.70. The summed E-state index contributed by atoms with van der Waals surface area (Å²) in [5.74, 6) is 0.849. The van der Waals surface area contributed by atoms with Crippen molar-refractivity contribution in [1.29, 1.82) is 0 Å². The maximum absolute atomic E-state index is 12.4. The van der Waals surface area contributed by atoms with Crippen LogP contribution in [-0.2, 0) is 12.8 Å². The molecule has 1 N–H and O–H groups in total. The van der Waals surface area contributed by atoms with Crippen molar-refractivity contribution in [2.24, 2.45) is 0 Å². The smallest absolute Gasteiger partial charge is 0.317 e. The van der Waals surface area contributed by atoms with E-state index in [0.29, 0.717) is 6.54 Å². The minimum absolute atomic E-state index is 0.0290. The molecule has 5 nitrogen and oxygen atoms in total. The second-order valence-corrected chi connectivity index (χ2v) is 6.79. The van der Waals surface area contributed by atoms with Crippen LogP contribution in [0.1, 0.15) is 18.1 Å². The zero-order valence-corrected chi connectivity index (χ0v) is 16.3. The number of hydrogen-bond acceptors (Lipinski definition) is 3. The minimum atomic E-state index is 0.0290. The molecule has 1 aliphatic heterocycles. The fourth-order valence-electron chi connectivity index (χ4n) is 3.52. The highest BCUT2D eigenvalue weighted by Crippen LogP contribution is 2.22. The molecule has 0 unspecified atom stereocenters. The summed E-state index contributed by atoms with van der Waals surface area (Å²) < 4.78 is 5.24. The van der Waals surface area contributed by atoms with E-state index in [1.807, 2.05) is 23.1 Å². The molecule has 0 atom stereocenters. The fourth-order valence-corrected chi connectivity index (χ4v) is 3.52. The van der Waals surface area contributed by atoms with Gasteiger partial charge in [-0.3, -0.25) is 0 Å². The van der Waals surface area contributed by atoms with E-state index in [4.69, 9.17) is 4.74 Å². The van der Waals surface area contributed by atoms with Gasteiger partial charge in [-0.1, -0.05) is 37.3 Å². The van der Waals surface area contributed by atoms with Crippen LogP contribution in [0.2, 0.25) is 0 Å². The van der Waals surface area contributed by atoms with Gasteiger partial charge >= 0.3 is 6.03 Å². The van der Waals surface area contributed by atoms with Crippen LogP contribution in [0.3, 0.4) is 0 Å². The number of para-hydroxylation sites is 1. The average Bonchev–Trinajstić information content (AvgIpc) is 2.74. The molecule has 0 spiro atoms. The van der Waals surface area contributed by atoms with E-state index in [2.05, 4.69) is 47.5 Å². The fraction of sp³-hybridized carbons (Fsp3) is 0.409. The van der Waals surface area contributed by atoms with Gasteiger partial charge in [-0.05, 0) is 42.2 Å². The number of methoxy groups -OCH3 is 1. The summed E-state index contributed by atoms with van der Waals surface area (Å²) in [6, 6.07) is 16.5. The van der Waals surface area contributed by atoms with Gasteiger partial charge in [0.05, 0.1) is 7.11 Å². The van der Waals surface area contributed by atoms with Crippen LogP contribution in [0.5, 0.6) is 5.75 Å². The zero-order valence-electron chi connectivity index (χ0n) is 16.3. The van der Waals surface area contributed by atoms with Gasteiger partial charge in [0.1, 0.15) is 5.75 Å². The standard InChI is InChI=1S/C22H29N3O2/c1-3-19-8-4-5-10-21(19)24-13-15-25(16-14-24)22(26)23-12-11-18-7-6-9-20(17-18)27-2/h4-10,17H,3,11-16H2,1-2H3,(H,23,26). The Kier molecular flexibility index (Phi) is 6.58. The molecule has 2 aromatic rings. The van der Waals surface area contributed by atoms with E-state index >= 15 is 0 Å². The van der Waals surface area contributed by atoms with Gasteiger partial charge in [0, 0.05) is 38.4 Å². The van der Waals surface area contributed by atoms with Crippen molar-refractivity contribution in [2.45, 2.75) is 19.8 Å². The highest BCUT2D eigenvalue weighted by molar-refractivity contribution is 5.74. The lowest BCUT2D eigenvalue weighted by molar-refractivity contribution is 0.194. The highest BCUT2D eigenvalue weighted by Gasteiger charge is 2.21. The van der Waals surface area contributed by atoms with E-state index in [1.54, 1.807) is 7.11 Å². The number of ether oxygens (including phenoxy) is 1. The van der Waals surface area contributed by atoms with Gasteiger partial charge in [-0.25, -0.2) is 4.79 Å². The number of aryl methyl sites for hydroxylation is 1. The number of piperazine rings is 1. The van der Waals surface area contributed by atoms with Crippen LogP contribution >= 0.6 is 0 Å². The number of rotatable bonds is 6. The predicted octanol–water partition coefficient (Wildman–Crippen LogP) is 3.33. The number of carbonyl (C=O) groups excluding carboxylic acids is 1. The van der Waals surface area contributed by atoms with Crippen molar-refractivity contribution < 1.29 is 9.53 Å². The van der Waals surface area contributed by atoms with Gasteiger partial charge in [0.25, 0.3) is 0 Å². The number of amides is 2. The second-order valence-electron chi connectivity index (χ2n) is 6.79. The molecule has 27 heavy (non-hydrogen) atoms. The first-order chi connectivity index (χ1) is 13.2. The normalized spacial score (nSPS) is 14.1. The lowest BCUT2D eigenvalue weighted by Gasteiger charge is -2.37. The van der Waals surface area contributed by atoms with E-state index < -0.39 is 0 Å². The zero-order chi connectivity index (χ0) is 19.1. The number of carbonyl (C=O) groups is 1. The summed E-state index contributed by atoms with van der Waals surface area (Å²) in [4.78, 5) is 16.8. The van der Waals surface area contributed by atoms with Crippen molar-refractivity contribution in [3.8, 4) is 5.75 Å². The Morgan fingerprint density at radius 2 is 1.85 bits per heavy atom. The van der Waals surface area contributed by atoms with Gasteiger partial charge < -0.3 is 19.9 Å². The Bertz CT molecular complexity index is 755. The Balaban J connectivity index is 1.45. The lowest BCUT2D eigenvalue weighted by Crippen LogP contribution is -2.52. The van der Waals surface area contributed by atoms with E-state index in [9.17, 15) is 4.79 Å². The highest BCUT2D eigenvalue weighted by atomic mass is 16.5. The minimum Gasteiger partial charge on any atom is -0.497 e. The van der Waals surface area contributed by atoms with E-state index in [0.717, 1.165) is 50.3 Å². The Hall–Kier alpha value is -2.69. The van der Waals surface area contributed by atoms with E-state index in [-0.39, 0.29) is 6.03 Å². The third-order valence-electron chi connectivity index (χ3n) is 5.10. The molecule has 5 heteroatoms. The van der Waals surface area contributed by atoms with E-state index in [1.165, 1.54) is 11.3 Å². The molecule has 0 bridgehead atoms. The first-order valence-electron chi connectivity index (χ1n) is 9.70. The van der Waals surface area contributed by atoms with Crippen molar-refractivity contribution in [3.05, 3.63) is 59.7 Å². The van der Waals surface area contributed by atoms with Crippen LogP contribution in [0.4, 0.5) is 10.5 Å². The summed E-state index contributed by atoms with van der Waals surface area (Å²) in [6.07, 6.45) is 1.83. The Labute approximate surface area is 161 Å². The molecular formula is C22H29N3O2. The predicted molar refractivity (Wildman–Crippen MR) is 110 cm³/mol.